The fourth-order valence-corrected chi connectivity index (χ4v) is 4.94. The molecule has 3 aliphatic rings. The van der Waals surface area contributed by atoms with Crippen LogP contribution in [0.3, 0.4) is 0 Å². The smallest absolute Gasteiger partial charge is 0.303 e. The number of carbonyl (C=O) groups excluding carboxylic acids is 2. The van der Waals surface area contributed by atoms with E-state index >= 15 is 0 Å². The lowest BCUT2D eigenvalue weighted by molar-refractivity contribution is -0.321. The molecule has 1 amide bonds. The van der Waals surface area contributed by atoms with Gasteiger partial charge in [0.05, 0.1) is 24.9 Å². The third-order valence-corrected chi connectivity index (χ3v) is 7.27. The summed E-state index contributed by atoms with van der Waals surface area (Å²) in [5.41, 5.74) is -0.267. The molecule has 3 rings (SSSR count). The van der Waals surface area contributed by atoms with Gasteiger partial charge in [-0.3, -0.25) is 9.59 Å². The highest BCUT2D eigenvalue weighted by atomic mass is 16.7. The lowest BCUT2D eigenvalue weighted by Gasteiger charge is -2.44. The molecule has 0 bridgehead atoms. The summed E-state index contributed by atoms with van der Waals surface area (Å²) in [5, 5.41) is 34.2. The van der Waals surface area contributed by atoms with Crippen molar-refractivity contribution in [1.29, 1.82) is 0 Å². The molecule has 0 aliphatic carbocycles. The maximum atomic E-state index is 12.3. The lowest BCUT2D eigenvalue weighted by atomic mass is 9.84. The van der Waals surface area contributed by atoms with Gasteiger partial charge in [0.2, 0.25) is 5.91 Å². The highest BCUT2D eigenvalue weighted by Crippen LogP contribution is 2.45. The predicted octanol–water partition coefficient (Wildman–Crippen LogP) is 1.28. The second-order valence-electron chi connectivity index (χ2n) is 10.7. The van der Waals surface area contributed by atoms with Crippen LogP contribution in [0.25, 0.3) is 0 Å². The van der Waals surface area contributed by atoms with E-state index in [9.17, 15) is 24.9 Å². The largest absolute Gasteiger partial charge is 0.459 e. The molecule has 0 aromatic heterocycles. The number of aliphatic hydroxyl groups excluding tert-OH is 2. The van der Waals surface area contributed by atoms with Gasteiger partial charge in [-0.05, 0) is 52.5 Å². The molecule has 3 aliphatic heterocycles. The molecule has 1 spiro atoms. The molecule has 37 heavy (non-hydrogen) atoms. The van der Waals surface area contributed by atoms with E-state index in [0.717, 1.165) is 12.0 Å². The van der Waals surface area contributed by atoms with Crippen LogP contribution < -0.4 is 5.32 Å². The van der Waals surface area contributed by atoms with Crippen LogP contribution in [-0.4, -0.2) is 87.9 Å². The summed E-state index contributed by atoms with van der Waals surface area (Å²) in [6, 6.07) is -0.137. The summed E-state index contributed by atoms with van der Waals surface area (Å²) in [6.07, 6.45) is 5.90. The Labute approximate surface area is 218 Å². The average Bonchev–Trinajstić information content (AvgIpc) is 3.61. The minimum atomic E-state index is -1.83. The van der Waals surface area contributed by atoms with E-state index in [1.807, 2.05) is 19.9 Å². The standard InChI is InChI=1S/C27H41NO9/c1-15(8-11-22-24(31)27(14-34-27)25(32)26(6,33)37-22)7-10-21-16(2)13-20(18(4)36-21)28-23(30)12-9-17(3)35-19(5)29/h7-9,11-12,16-18,20-22,24-25,31-33H,10,13-14H2,1-6H3,(H,28,30)/b11-8+,12-9-,15-7+/t16-,17-,18+,20+,21-,22+,24+,25-,26-,27+/m0/s1. The van der Waals surface area contributed by atoms with Crippen molar-refractivity contribution in [3.8, 4) is 0 Å². The van der Waals surface area contributed by atoms with E-state index in [2.05, 4.69) is 12.2 Å². The Balaban J connectivity index is 1.50. The molecule has 4 N–H and O–H groups in total. The summed E-state index contributed by atoms with van der Waals surface area (Å²) in [6.45, 7) is 10.5. The first-order valence-corrected chi connectivity index (χ1v) is 12.8. The molecular weight excluding hydrogens is 482 g/mol. The van der Waals surface area contributed by atoms with E-state index in [4.69, 9.17) is 18.9 Å². The second kappa shape index (κ2) is 11.8. The molecule has 3 fully saturated rings. The number of epoxide rings is 1. The lowest BCUT2D eigenvalue weighted by Crippen LogP contribution is -2.65. The van der Waals surface area contributed by atoms with Crippen molar-refractivity contribution in [2.24, 2.45) is 5.92 Å². The summed E-state index contributed by atoms with van der Waals surface area (Å²) in [5.74, 6) is -2.29. The molecular formula is C27H41NO9. The van der Waals surface area contributed by atoms with Gasteiger partial charge in [0.15, 0.2) is 11.4 Å². The van der Waals surface area contributed by atoms with E-state index in [-0.39, 0.29) is 36.7 Å². The van der Waals surface area contributed by atoms with Crippen LogP contribution in [0, 0.1) is 5.92 Å². The summed E-state index contributed by atoms with van der Waals surface area (Å²) >= 11 is 0. The number of carbonyl (C=O) groups is 2. The SMILES string of the molecule is CC(=O)O[C@@H](C)/C=C\C(=O)N[C@@H]1C[C@H](C)[C@H](C/C=C(C)/C=C/[C@H]2O[C@](C)(O)[C@H](O)[C@@]3(CO3)[C@@H]2O)O[C@@H]1C. The first kappa shape index (κ1) is 29.5. The molecule has 3 heterocycles. The zero-order chi connectivity index (χ0) is 27.5. The third-order valence-electron chi connectivity index (χ3n) is 7.27. The quantitative estimate of drug-likeness (QED) is 0.160. The van der Waals surface area contributed by atoms with Crippen molar-refractivity contribution in [3.05, 3.63) is 36.0 Å². The Kier molecular flexibility index (Phi) is 9.36. The van der Waals surface area contributed by atoms with Gasteiger partial charge in [0.1, 0.15) is 24.4 Å². The Morgan fingerprint density at radius 1 is 1.22 bits per heavy atom. The Morgan fingerprint density at radius 3 is 2.51 bits per heavy atom. The molecule has 3 saturated heterocycles. The monoisotopic (exact) mass is 523 g/mol. The Hall–Kier alpha value is -2.08. The van der Waals surface area contributed by atoms with E-state index in [0.29, 0.717) is 6.42 Å². The summed E-state index contributed by atoms with van der Waals surface area (Å²) < 4.78 is 22.0. The summed E-state index contributed by atoms with van der Waals surface area (Å²) in [4.78, 5) is 23.3. The second-order valence-corrected chi connectivity index (χ2v) is 10.7. The van der Waals surface area contributed by atoms with Crippen molar-refractivity contribution >= 4 is 11.9 Å². The summed E-state index contributed by atoms with van der Waals surface area (Å²) in [7, 11) is 0. The Bertz CT molecular complexity index is 923. The van der Waals surface area contributed by atoms with Gasteiger partial charge in [0, 0.05) is 13.0 Å². The van der Waals surface area contributed by atoms with Gasteiger partial charge >= 0.3 is 5.97 Å². The van der Waals surface area contributed by atoms with Crippen LogP contribution in [0.4, 0.5) is 0 Å². The molecule has 0 unspecified atom stereocenters. The van der Waals surface area contributed by atoms with Gasteiger partial charge in [-0.25, -0.2) is 0 Å². The predicted molar refractivity (Wildman–Crippen MR) is 134 cm³/mol. The van der Waals surface area contributed by atoms with E-state index < -0.39 is 41.8 Å². The number of hydrogen-bond acceptors (Lipinski definition) is 9. The molecule has 10 nitrogen and oxygen atoms in total. The highest BCUT2D eigenvalue weighted by molar-refractivity contribution is 5.87. The van der Waals surface area contributed by atoms with E-state index in [1.54, 1.807) is 19.1 Å². The number of hydrogen-bond donors (Lipinski definition) is 4. The van der Waals surface area contributed by atoms with Crippen molar-refractivity contribution in [1.82, 2.24) is 5.32 Å². The van der Waals surface area contributed by atoms with Gasteiger partial charge in [-0.15, -0.1) is 0 Å². The van der Waals surface area contributed by atoms with Gasteiger partial charge < -0.3 is 39.6 Å². The molecule has 10 heteroatoms. The van der Waals surface area contributed by atoms with Crippen LogP contribution in [0.5, 0.6) is 0 Å². The van der Waals surface area contributed by atoms with Crippen LogP contribution >= 0.6 is 0 Å². The number of esters is 1. The molecule has 0 saturated carbocycles. The van der Waals surface area contributed by atoms with Crippen LogP contribution in [0.2, 0.25) is 0 Å². The number of nitrogens with one attached hydrogen (secondary N) is 1. The minimum absolute atomic E-state index is 0.0263. The fraction of sp³-hybridized carbons (Fsp3) is 0.704. The minimum Gasteiger partial charge on any atom is -0.459 e. The average molecular weight is 524 g/mol. The molecule has 0 radical (unpaired) electrons. The molecule has 208 valence electrons. The number of ether oxygens (including phenoxy) is 4. The maximum Gasteiger partial charge on any atom is 0.303 e. The first-order valence-electron chi connectivity index (χ1n) is 12.8. The zero-order valence-electron chi connectivity index (χ0n) is 22.4. The normalized spacial score (nSPS) is 41.2. The van der Waals surface area contributed by atoms with Crippen LogP contribution in [0.1, 0.15) is 54.4 Å². The molecule has 10 atom stereocenters. The van der Waals surface area contributed by atoms with Crippen molar-refractivity contribution in [2.75, 3.05) is 6.61 Å². The molecule has 0 aromatic rings. The van der Waals surface area contributed by atoms with Crippen LogP contribution in [0.15, 0.2) is 36.0 Å². The van der Waals surface area contributed by atoms with Crippen molar-refractivity contribution < 1.29 is 43.9 Å². The van der Waals surface area contributed by atoms with Gasteiger partial charge in [-0.2, -0.15) is 0 Å². The van der Waals surface area contributed by atoms with Crippen LogP contribution in [-0.2, 0) is 28.5 Å². The first-order chi connectivity index (χ1) is 17.2. The van der Waals surface area contributed by atoms with Crippen molar-refractivity contribution in [2.45, 2.75) is 108 Å². The number of aliphatic hydroxyl groups is 3. The van der Waals surface area contributed by atoms with E-state index in [1.165, 1.54) is 26.0 Å². The topological polar surface area (TPSA) is 147 Å². The third kappa shape index (κ3) is 7.28. The maximum absolute atomic E-state index is 12.3. The Morgan fingerprint density at radius 2 is 1.89 bits per heavy atom. The van der Waals surface area contributed by atoms with Gasteiger partial charge in [0.25, 0.3) is 0 Å². The molecule has 0 aromatic carbocycles. The van der Waals surface area contributed by atoms with Crippen molar-refractivity contribution in [3.63, 3.8) is 0 Å². The highest BCUT2D eigenvalue weighted by Gasteiger charge is 2.68. The number of amides is 1. The zero-order valence-corrected chi connectivity index (χ0v) is 22.4. The fourth-order valence-electron chi connectivity index (χ4n) is 4.94. The van der Waals surface area contributed by atoms with Gasteiger partial charge in [-0.1, -0.05) is 30.7 Å². The number of allylic oxidation sites excluding steroid dienone is 2. The number of rotatable bonds is 8.